The summed E-state index contributed by atoms with van der Waals surface area (Å²) in [5.41, 5.74) is 5.41. The van der Waals surface area contributed by atoms with Crippen molar-refractivity contribution in [3.63, 3.8) is 0 Å². The molecule has 1 heterocycles. The van der Waals surface area contributed by atoms with Crippen LogP contribution in [0.25, 0.3) is 0 Å². The van der Waals surface area contributed by atoms with Crippen molar-refractivity contribution >= 4 is 23.2 Å². The normalized spacial score (nSPS) is 18.2. The van der Waals surface area contributed by atoms with Crippen molar-refractivity contribution in [2.75, 3.05) is 13.2 Å². The summed E-state index contributed by atoms with van der Waals surface area (Å²) < 4.78 is 0. The van der Waals surface area contributed by atoms with Crippen LogP contribution in [0.4, 0.5) is 0 Å². The summed E-state index contributed by atoms with van der Waals surface area (Å²) in [5, 5.41) is 8.34. The Kier molecular flexibility index (Phi) is 8.27. The van der Waals surface area contributed by atoms with E-state index in [9.17, 15) is 0 Å². The molecule has 1 saturated heterocycles. The van der Waals surface area contributed by atoms with E-state index >= 15 is 0 Å². The van der Waals surface area contributed by atoms with Gasteiger partial charge >= 0.3 is 233 Å². The number of piperidine rings is 1. The van der Waals surface area contributed by atoms with Crippen LogP contribution in [0, 0.1) is 20.8 Å². The van der Waals surface area contributed by atoms with E-state index in [1.165, 1.54) is 38.3 Å². The Morgan fingerprint density at radius 3 is 1.42 bits per heavy atom. The van der Waals surface area contributed by atoms with E-state index in [1.54, 1.807) is 0 Å². The van der Waals surface area contributed by atoms with E-state index in [-0.39, 0.29) is 11.1 Å². The molecule has 0 aromatic heterocycles. The molecule has 38 heavy (non-hydrogen) atoms. The Hall–Kier alpha value is -2.41. The van der Waals surface area contributed by atoms with Gasteiger partial charge in [0.1, 0.15) is 0 Å². The first-order valence-electron chi connectivity index (χ1n) is 14.2. The molecule has 0 atom stereocenters. The van der Waals surface area contributed by atoms with Crippen LogP contribution >= 0.6 is 7.26 Å². The predicted octanol–water partition coefficient (Wildman–Crippen LogP) is 6.78. The van der Waals surface area contributed by atoms with Crippen molar-refractivity contribution in [1.82, 2.24) is 10.2 Å². The summed E-state index contributed by atoms with van der Waals surface area (Å²) in [4.78, 5) is 2.55. The van der Waals surface area contributed by atoms with Gasteiger partial charge in [-0.3, -0.25) is 0 Å². The van der Waals surface area contributed by atoms with Crippen LogP contribution in [0.15, 0.2) is 85.1 Å². The Labute approximate surface area is 232 Å². The second kappa shape index (κ2) is 11.0. The first-order valence-corrected chi connectivity index (χ1v) is 16.4. The fraction of sp³-hybridized carbons (Fsp3) is 0.429. The molecule has 0 spiro atoms. The first-order chi connectivity index (χ1) is 17.8. The fourth-order valence-corrected chi connectivity index (χ4v) is 11.4. The monoisotopic (exact) mass is 528 g/mol. The van der Waals surface area contributed by atoms with Gasteiger partial charge in [0.15, 0.2) is 0 Å². The van der Waals surface area contributed by atoms with Crippen LogP contribution in [-0.4, -0.2) is 35.2 Å². The van der Waals surface area contributed by atoms with Crippen LogP contribution in [0.3, 0.4) is 0 Å². The van der Waals surface area contributed by atoms with Gasteiger partial charge in [0.05, 0.1) is 0 Å². The van der Waals surface area contributed by atoms with Crippen LogP contribution in [0.2, 0.25) is 0 Å². The molecule has 1 fully saturated rings. The number of allylic oxidation sites excluding steroid dienone is 1. The number of nitrogens with zero attached hydrogens (tertiary/aromatic N) is 1. The summed E-state index contributed by atoms with van der Waals surface area (Å²) in [6.45, 7) is 20.6. The second-order valence-electron chi connectivity index (χ2n) is 13.0. The van der Waals surface area contributed by atoms with E-state index in [0.717, 1.165) is 25.4 Å². The molecule has 3 aromatic rings. The number of aryl methyl sites for hydroxylation is 3. The number of likely N-dealkylation sites (tertiary alicyclic amines) is 1. The molecule has 0 unspecified atom stereocenters. The van der Waals surface area contributed by atoms with Gasteiger partial charge in [0.2, 0.25) is 0 Å². The third-order valence-electron chi connectivity index (χ3n) is 9.15. The summed E-state index contributed by atoms with van der Waals surface area (Å²) in [6.07, 6.45) is 4.31. The van der Waals surface area contributed by atoms with Gasteiger partial charge < -0.3 is 0 Å². The molecular formula is C35H49N2P. The van der Waals surface area contributed by atoms with E-state index in [2.05, 4.69) is 145 Å². The molecule has 4 rings (SSSR count). The molecule has 0 bridgehead atoms. The molecule has 3 aromatic carbocycles. The van der Waals surface area contributed by atoms with Crippen molar-refractivity contribution in [2.45, 2.75) is 84.8 Å². The number of benzene rings is 3. The summed E-state index contributed by atoms with van der Waals surface area (Å²) >= 11 is 0. The van der Waals surface area contributed by atoms with Crippen LogP contribution < -0.4 is 21.2 Å². The molecule has 3 heteroatoms. The molecule has 2 nitrogen and oxygen atoms in total. The van der Waals surface area contributed by atoms with Crippen LogP contribution in [-0.2, 0) is 0 Å². The first kappa shape index (κ1) is 28.6. The quantitative estimate of drug-likeness (QED) is 0.324. The average molecular weight is 529 g/mol. The van der Waals surface area contributed by atoms with Crippen molar-refractivity contribution in [2.24, 2.45) is 0 Å². The van der Waals surface area contributed by atoms with E-state index < -0.39 is 7.26 Å². The SMILES string of the molecule is C=C(CC[PH](c1ccc(C)cc1)(c1ccc(C)cc1)c1ccc(C)cc1)NC1CC(C)(C)N(C)C(C)(C)C1. The molecule has 0 radical (unpaired) electrons. The van der Waals surface area contributed by atoms with E-state index in [1.807, 2.05) is 0 Å². The van der Waals surface area contributed by atoms with Gasteiger partial charge in [-0.15, -0.1) is 0 Å². The van der Waals surface area contributed by atoms with E-state index in [4.69, 9.17) is 0 Å². The van der Waals surface area contributed by atoms with Gasteiger partial charge in [-0.1, -0.05) is 0 Å². The average Bonchev–Trinajstić information content (AvgIpc) is 2.85. The van der Waals surface area contributed by atoms with Gasteiger partial charge in [-0.2, -0.15) is 0 Å². The van der Waals surface area contributed by atoms with Gasteiger partial charge in [-0.25, -0.2) is 0 Å². The molecule has 1 aliphatic rings. The third-order valence-corrected chi connectivity index (χ3v) is 14.1. The Balaban J connectivity index is 1.69. The Bertz CT molecular complexity index is 1110. The predicted molar refractivity (Wildman–Crippen MR) is 171 cm³/mol. The van der Waals surface area contributed by atoms with Crippen molar-refractivity contribution in [3.05, 3.63) is 102 Å². The molecular weight excluding hydrogens is 479 g/mol. The van der Waals surface area contributed by atoms with Gasteiger partial charge in [0, 0.05) is 0 Å². The van der Waals surface area contributed by atoms with Crippen LogP contribution in [0.5, 0.6) is 0 Å². The number of nitrogens with one attached hydrogen (secondary N) is 1. The summed E-state index contributed by atoms with van der Waals surface area (Å²) in [7, 11) is -0.0243. The number of hydrogen-bond donors (Lipinski definition) is 1. The standard InChI is InChI=1S/C35H49N2P/c1-26-10-16-31(17-11-26)38(32-18-12-27(2)13-19-32,33-20-14-28(3)15-21-33)23-22-29(4)36-30-24-34(5,6)37(9)35(7,8)25-30/h10-21,30,36,38H,4,22-25H2,1-3,5-9H3. The number of hydrogen-bond acceptors (Lipinski definition) is 2. The van der Waals surface area contributed by atoms with Crippen molar-refractivity contribution in [1.29, 1.82) is 0 Å². The van der Waals surface area contributed by atoms with Gasteiger partial charge in [0.25, 0.3) is 0 Å². The fourth-order valence-electron chi connectivity index (χ4n) is 6.62. The zero-order chi connectivity index (χ0) is 27.7. The molecule has 1 N–H and O–H groups in total. The molecule has 0 aliphatic carbocycles. The topological polar surface area (TPSA) is 15.3 Å². The van der Waals surface area contributed by atoms with Gasteiger partial charge in [-0.05, 0) is 0 Å². The zero-order valence-electron chi connectivity index (χ0n) is 25.0. The third kappa shape index (κ3) is 5.93. The maximum atomic E-state index is 4.59. The molecule has 204 valence electrons. The maximum absolute atomic E-state index is 4.59. The Morgan fingerprint density at radius 1 is 0.737 bits per heavy atom. The zero-order valence-corrected chi connectivity index (χ0v) is 26.0. The minimum absolute atomic E-state index is 0.157. The number of rotatable bonds is 8. The second-order valence-corrected chi connectivity index (χ2v) is 17.1. The summed E-state index contributed by atoms with van der Waals surface area (Å²) in [6, 6.07) is 28.5. The molecule has 1 aliphatic heterocycles. The van der Waals surface area contributed by atoms with Crippen molar-refractivity contribution in [3.8, 4) is 0 Å². The summed E-state index contributed by atoms with van der Waals surface area (Å²) in [5.74, 6) is 0. The molecule has 0 saturated carbocycles. The Morgan fingerprint density at radius 2 is 1.08 bits per heavy atom. The van der Waals surface area contributed by atoms with Crippen LogP contribution in [0.1, 0.15) is 63.6 Å². The minimum atomic E-state index is -2.30. The van der Waals surface area contributed by atoms with E-state index in [0.29, 0.717) is 6.04 Å². The van der Waals surface area contributed by atoms with Crippen molar-refractivity contribution < 1.29 is 0 Å². The molecule has 0 amide bonds.